The molecule has 0 aliphatic heterocycles. The van der Waals surface area contributed by atoms with Crippen molar-refractivity contribution in [3.05, 3.63) is 23.8 Å². The second kappa shape index (κ2) is 6.73. The molecule has 0 saturated heterocycles. The number of nitrogens with zero attached hydrogens (tertiary/aromatic N) is 1. The zero-order chi connectivity index (χ0) is 11.8. The minimum Gasteiger partial charge on any atom is -0.494 e. The predicted octanol–water partition coefficient (Wildman–Crippen LogP) is 3.10. The van der Waals surface area contributed by atoms with Gasteiger partial charge in [0.15, 0.2) is 0 Å². The van der Waals surface area contributed by atoms with Gasteiger partial charge in [0.2, 0.25) is 0 Å². The molecule has 0 atom stereocenters. The number of rotatable bonds is 6. The highest BCUT2D eigenvalue weighted by molar-refractivity contribution is 5.56. The van der Waals surface area contributed by atoms with E-state index in [-0.39, 0.29) is 0 Å². The Morgan fingerprint density at radius 2 is 2.12 bits per heavy atom. The first-order valence-corrected chi connectivity index (χ1v) is 5.70. The molecule has 1 rings (SSSR count). The quantitative estimate of drug-likeness (QED) is 0.589. The van der Waals surface area contributed by atoms with Crippen LogP contribution in [-0.4, -0.2) is 6.61 Å². The van der Waals surface area contributed by atoms with Crippen molar-refractivity contribution >= 4 is 5.69 Å². The molecule has 3 heteroatoms. The van der Waals surface area contributed by atoms with E-state index in [0.717, 1.165) is 12.2 Å². The molecule has 0 saturated carbocycles. The molecule has 1 aromatic rings. The molecular formula is C13H18N2O. The normalized spacial score (nSPS) is 9.75. The summed E-state index contributed by atoms with van der Waals surface area (Å²) in [5, 5.41) is 8.80. The number of nitrogens with two attached hydrogens (primary N) is 1. The van der Waals surface area contributed by atoms with Crippen LogP contribution in [0.25, 0.3) is 0 Å². The third-order valence-corrected chi connectivity index (χ3v) is 2.41. The number of anilines is 1. The predicted molar refractivity (Wildman–Crippen MR) is 65.2 cm³/mol. The topological polar surface area (TPSA) is 59.0 Å². The summed E-state index contributed by atoms with van der Waals surface area (Å²) in [4.78, 5) is 0. The summed E-state index contributed by atoms with van der Waals surface area (Å²) >= 11 is 0. The SMILES string of the molecule is CCCCCCOc1ccc(N)c(C#N)c1. The number of hydrogen-bond donors (Lipinski definition) is 1. The molecule has 0 aliphatic rings. The van der Waals surface area contributed by atoms with Gasteiger partial charge < -0.3 is 10.5 Å². The minimum atomic E-state index is 0.478. The van der Waals surface area contributed by atoms with Crippen LogP contribution in [-0.2, 0) is 0 Å². The first-order valence-electron chi connectivity index (χ1n) is 5.70. The molecule has 16 heavy (non-hydrogen) atoms. The fraction of sp³-hybridized carbons (Fsp3) is 0.462. The Bertz CT molecular complexity index is 369. The van der Waals surface area contributed by atoms with E-state index >= 15 is 0 Å². The monoisotopic (exact) mass is 218 g/mol. The number of ether oxygens (including phenoxy) is 1. The Labute approximate surface area is 96.8 Å². The average Bonchev–Trinajstić information content (AvgIpc) is 2.31. The Hall–Kier alpha value is -1.69. The molecule has 0 aromatic heterocycles. The third kappa shape index (κ3) is 3.82. The zero-order valence-electron chi connectivity index (χ0n) is 9.70. The van der Waals surface area contributed by atoms with E-state index in [2.05, 4.69) is 6.92 Å². The lowest BCUT2D eigenvalue weighted by Gasteiger charge is -2.06. The van der Waals surface area contributed by atoms with Crippen molar-refractivity contribution in [1.29, 1.82) is 5.26 Å². The van der Waals surface area contributed by atoms with E-state index in [1.54, 1.807) is 18.2 Å². The highest BCUT2D eigenvalue weighted by atomic mass is 16.5. The highest BCUT2D eigenvalue weighted by Gasteiger charge is 2.00. The summed E-state index contributed by atoms with van der Waals surface area (Å²) < 4.78 is 5.54. The van der Waals surface area contributed by atoms with Crippen molar-refractivity contribution < 1.29 is 4.74 Å². The molecule has 1 aromatic carbocycles. The molecule has 86 valence electrons. The van der Waals surface area contributed by atoms with Crippen LogP contribution in [0, 0.1) is 11.3 Å². The molecule has 0 radical (unpaired) electrons. The lowest BCUT2D eigenvalue weighted by atomic mass is 10.2. The molecule has 0 unspecified atom stereocenters. The van der Waals surface area contributed by atoms with Crippen molar-refractivity contribution in [2.75, 3.05) is 12.3 Å². The number of nitriles is 1. The van der Waals surface area contributed by atoms with Gasteiger partial charge in [-0.1, -0.05) is 26.2 Å². The number of benzene rings is 1. The van der Waals surface area contributed by atoms with E-state index in [1.165, 1.54) is 19.3 Å². The minimum absolute atomic E-state index is 0.478. The largest absolute Gasteiger partial charge is 0.494 e. The number of hydrogen-bond acceptors (Lipinski definition) is 3. The van der Waals surface area contributed by atoms with Crippen LogP contribution in [0.2, 0.25) is 0 Å². The van der Waals surface area contributed by atoms with Gasteiger partial charge in [0, 0.05) is 5.69 Å². The van der Waals surface area contributed by atoms with E-state index < -0.39 is 0 Å². The Morgan fingerprint density at radius 3 is 2.81 bits per heavy atom. The smallest absolute Gasteiger partial charge is 0.120 e. The summed E-state index contributed by atoms with van der Waals surface area (Å²) in [7, 11) is 0. The molecular weight excluding hydrogens is 200 g/mol. The van der Waals surface area contributed by atoms with Crippen molar-refractivity contribution in [1.82, 2.24) is 0 Å². The molecule has 0 heterocycles. The maximum Gasteiger partial charge on any atom is 0.120 e. The van der Waals surface area contributed by atoms with Crippen LogP contribution >= 0.6 is 0 Å². The van der Waals surface area contributed by atoms with Gasteiger partial charge in [-0.3, -0.25) is 0 Å². The van der Waals surface area contributed by atoms with Crippen molar-refractivity contribution in [3.8, 4) is 11.8 Å². The first kappa shape index (κ1) is 12.4. The second-order valence-corrected chi connectivity index (χ2v) is 3.77. The molecule has 3 nitrogen and oxygen atoms in total. The lowest BCUT2D eigenvalue weighted by Crippen LogP contribution is -1.98. The summed E-state index contributed by atoms with van der Waals surface area (Å²) in [6.45, 7) is 2.88. The second-order valence-electron chi connectivity index (χ2n) is 3.77. The first-order chi connectivity index (χ1) is 7.77. The summed E-state index contributed by atoms with van der Waals surface area (Å²) in [6.07, 6.45) is 4.71. The molecule has 0 fully saturated rings. The van der Waals surface area contributed by atoms with Crippen molar-refractivity contribution in [2.45, 2.75) is 32.6 Å². The van der Waals surface area contributed by atoms with E-state index in [0.29, 0.717) is 17.9 Å². The fourth-order valence-corrected chi connectivity index (χ4v) is 1.44. The van der Waals surface area contributed by atoms with Gasteiger partial charge in [0.05, 0.1) is 12.2 Å². The lowest BCUT2D eigenvalue weighted by molar-refractivity contribution is 0.305. The Balaban J connectivity index is 2.40. The summed E-state index contributed by atoms with van der Waals surface area (Å²) in [6, 6.07) is 7.24. The zero-order valence-corrected chi connectivity index (χ0v) is 9.70. The Kier molecular flexibility index (Phi) is 5.21. The number of unbranched alkanes of at least 4 members (excludes halogenated alkanes) is 3. The summed E-state index contributed by atoms with van der Waals surface area (Å²) in [5.74, 6) is 0.724. The van der Waals surface area contributed by atoms with Crippen LogP contribution in [0.1, 0.15) is 38.2 Å². The maximum atomic E-state index is 8.80. The van der Waals surface area contributed by atoms with Crippen molar-refractivity contribution in [2.24, 2.45) is 0 Å². The van der Waals surface area contributed by atoms with Crippen LogP contribution in [0.15, 0.2) is 18.2 Å². The van der Waals surface area contributed by atoms with E-state index in [1.807, 2.05) is 6.07 Å². The molecule has 0 amide bonds. The van der Waals surface area contributed by atoms with Crippen LogP contribution < -0.4 is 10.5 Å². The van der Waals surface area contributed by atoms with Gasteiger partial charge in [-0.05, 0) is 24.6 Å². The number of nitrogen functional groups attached to an aromatic ring is 1. The van der Waals surface area contributed by atoms with Crippen LogP contribution in [0.5, 0.6) is 5.75 Å². The average molecular weight is 218 g/mol. The van der Waals surface area contributed by atoms with Crippen molar-refractivity contribution in [3.63, 3.8) is 0 Å². The third-order valence-electron chi connectivity index (χ3n) is 2.41. The Morgan fingerprint density at radius 1 is 1.31 bits per heavy atom. The van der Waals surface area contributed by atoms with Gasteiger partial charge in [0.25, 0.3) is 0 Å². The van der Waals surface area contributed by atoms with Gasteiger partial charge in [-0.25, -0.2) is 0 Å². The fourth-order valence-electron chi connectivity index (χ4n) is 1.44. The van der Waals surface area contributed by atoms with Crippen LogP contribution in [0.3, 0.4) is 0 Å². The van der Waals surface area contributed by atoms with Crippen LogP contribution in [0.4, 0.5) is 5.69 Å². The van der Waals surface area contributed by atoms with E-state index in [4.69, 9.17) is 15.7 Å². The summed E-state index contributed by atoms with van der Waals surface area (Å²) in [5.41, 5.74) is 6.59. The van der Waals surface area contributed by atoms with Gasteiger partial charge >= 0.3 is 0 Å². The molecule has 0 bridgehead atoms. The molecule has 2 N–H and O–H groups in total. The van der Waals surface area contributed by atoms with Gasteiger partial charge in [-0.15, -0.1) is 0 Å². The molecule has 0 aliphatic carbocycles. The van der Waals surface area contributed by atoms with Gasteiger partial charge in [-0.2, -0.15) is 5.26 Å². The molecule has 0 spiro atoms. The highest BCUT2D eigenvalue weighted by Crippen LogP contribution is 2.19. The maximum absolute atomic E-state index is 8.80. The van der Waals surface area contributed by atoms with Gasteiger partial charge in [0.1, 0.15) is 11.8 Å². The van der Waals surface area contributed by atoms with E-state index in [9.17, 15) is 0 Å². The standard InChI is InChI=1S/C13H18N2O/c1-2-3-4-5-8-16-12-6-7-13(15)11(9-12)10-14/h6-7,9H,2-5,8,15H2,1H3.